The zero-order chi connectivity index (χ0) is 8.81. The number of hydrogen-bond acceptors (Lipinski definition) is 4. The molecule has 3 N–H and O–H groups in total. The first-order valence-electron chi connectivity index (χ1n) is 3.75. The van der Waals surface area contributed by atoms with Gasteiger partial charge in [0.1, 0.15) is 10.9 Å². The van der Waals surface area contributed by atoms with Crippen LogP contribution in [0.2, 0.25) is 0 Å². The van der Waals surface area contributed by atoms with Gasteiger partial charge in [-0.25, -0.2) is 0 Å². The lowest BCUT2D eigenvalue weighted by Crippen LogP contribution is -2.21. The molecule has 0 aromatic carbocycles. The second kappa shape index (κ2) is 4.88. The van der Waals surface area contributed by atoms with Crippen molar-refractivity contribution in [3.63, 3.8) is 0 Å². The Balaban J connectivity index is 2.38. The number of nitrogens with two attached hydrogens (primary N) is 1. The number of nitrogens with zero attached hydrogens (tertiary/aromatic N) is 1. The lowest BCUT2D eigenvalue weighted by molar-refractivity contribution is 0.696. The first-order valence-corrected chi connectivity index (χ1v) is 4.63. The van der Waals surface area contributed by atoms with Crippen molar-refractivity contribution in [3.05, 3.63) is 21.9 Å². The Bertz CT molecular complexity index is 274. The molecule has 0 fully saturated rings. The van der Waals surface area contributed by atoms with Crippen molar-refractivity contribution in [3.8, 4) is 6.07 Å². The summed E-state index contributed by atoms with van der Waals surface area (Å²) < 4.78 is 0. The maximum atomic E-state index is 8.54. The molecule has 0 aliphatic heterocycles. The fourth-order valence-electron chi connectivity index (χ4n) is 0.862. The van der Waals surface area contributed by atoms with Crippen LogP contribution in [0.5, 0.6) is 0 Å². The monoisotopic (exact) mass is 181 g/mol. The lowest BCUT2D eigenvalue weighted by Gasteiger charge is -1.98. The van der Waals surface area contributed by atoms with E-state index in [1.54, 1.807) is 0 Å². The Morgan fingerprint density at radius 2 is 2.50 bits per heavy atom. The predicted molar refractivity (Wildman–Crippen MR) is 49.8 cm³/mol. The van der Waals surface area contributed by atoms with Crippen LogP contribution >= 0.6 is 11.3 Å². The maximum Gasteiger partial charge on any atom is 0.110 e. The summed E-state index contributed by atoms with van der Waals surface area (Å²) in [6.07, 6.45) is 0. The average molecular weight is 181 g/mol. The van der Waals surface area contributed by atoms with Gasteiger partial charge in [-0.15, -0.1) is 11.3 Å². The van der Waals surface area contributed by atoms with Gasteiger partial charge in [0, 0.05) is 19.6 Å². The Kier molecular flexibility index (Phi) is 3.74. The molecule has 0 atom stereocenters. The molecule has 4 heteroatoms. The van der Waals surface area contributed by atoms with Crippen LogP contribution < -0.4 is 11.1 Å². The van der Waals surface area contributed by atoms with Crippen molar-refractivity contribution in [1.29, 1.82) is 5.26 Å². The number of nitrogens with one attached hydrogen (secondary N) is 1. The highest BCUT2D eigenvalue weighted by Gasteiger charge is 1.96. The number of thiophene rings is 1. The second-order valence-corrected chi connectivity index (χ2v) is 3.31. The first-order chi connectivity index (χ1) is 5.86. The molecule has 0 radical (unpaired) electrons. The van der Waals surface area contributed by atoms with Crippen LogP contribution in [0.25, 0.3) is 0 Å². The minimum absolute atomic E-state index is 0.648. The Labute approximate surface area is 75.8 Å². The highest BCUT2D eigenvalue weighted by atomic mass is 32.1. The molecule has 0 saturated carbocycles. The molecule has 0 unspecified atom stereocenters. The summed E-state index contributed by atoms with van der Waals surface area (Å²) in [7, 11) is 0. The molecule has 0 bridgehead atoms. The van der Waals surface area contributed by atoms with Crippen LogP contribution in [-0.4, -0.2) is 13.1 Å². The maximum absolute atomic E-state index is 8.54. The third-order valence-corrected chi connectivity index (χ3v) is 2.30. The van der Waals surface area contributed by atoms with Gasteiger partial charge in [-0.05, 0) is 17.0 Å². The van der Waals surface area contributed by atoms with Crippen LogP contribution in [0, 0.1) is 11.3 Å². The minimum atomic E-state index is 0.648. The fraction of sp³-hybridized carbons (Fsp3) is 0.375. The molecule has 1 heterocycles. The van der Waals surface area contributed by atoms with E-state index in [4.69, 9.17) is 11.0 Å². The van der Waals surface area contributed by atoms with E-state index in [1.807, 2.05) is 11.4 Å². The highest BCUT2D eigenvalue weighted by molar-refractivity contribution is 7.10. The van der Waals surface area contributed by atoms with Crippen LogP contribution in [0.1, 0.15) is 10.4 Å². The fourth-order valence-corrected chi connectivity index (χ4v) is 1.56. The lowest BCUT2D eigenvalue weighted by atomic mass is 10.3. The molecule has 0 aliphatic rings. The summed E-state index contributed by atoms with van der Waals surface area (Å²) >= 11 is 1.48. The van der Waals surface area contributed by atoms with Gasteiger partial charge in [0.05, 0.1) is 0 Å². The largest absolute Gasteiger partial charge is 0.329 e. The van der Waals surface area contributed by atoms with E-state index >= 15 is 0 Å². The van der Waals surface area contributed by atoms with E-state index in [2.05, 4.69) is 11.4 Å². The standard InChI is InChI=1S/C8H11N3S/c9-1-2-11-5-7-3-8(4-10)12-6-7/h3,6,11H,1-2,5,9H2. The molecule has 12 heavy (non-hydrogen) atoms. The summed E-state index contributed by atoms with van der Waals surface area (Å²) in [5.74, 6) is 0. The van der Waals surface area contributed by atoms with E-state index in [0.717, 1.165) is 23.5 Å². The molecular formula is C8H11N3S. The molecule has 1 rings (SSSR count). The smallest absolute Gasteiger partial charge is 0.110 e. The van der Waals surface area contributed by atoms with Gasteiger partial charge in [0.15, 0.2) is 0 Å². The van der Waals surface area contributed by atoms with E-state index in [-0.39, 0.29) is 0 Å². The third-order valence-electron chi connectivity index (χ3n) is 1.41. The molecule has 0 aliphatic carbocycles. The Hall–Kier alpha value is -0.890. The summed E-state index contributed by atoms with van der Waals surface area (Å²) in [5, 5.41) is 13.7. The summed E-state index contributed by atoms with van der Waals surface area (Å²) in [5.41, 5.74) is 6.47. The van der Waals surface area contributed by atoms with Crippen molar-refractivity contribution in [1.82, 2.24) is 5.32 Å². The van der Waals surface area contributed by atoms with Gasteiger partial charge in [-0.2, -0.15) is 5.26 Å². The van der Waals surface area contributed by atoms with Gasteiger partial charge in [0.2, 0.25) is 0 Å². The topological polar surface area (TPSA) is 61.8 Å². The van der Waals surface area contributed by atoms with Gasteiger partial charge in [-0.1, -0.05) is 0 Å². The normalized spacial score (nSPS) is 9.67. The minimum Gasteiger partial charge on any atom is -0.329 e. The van der Waals surface area contributed by atoms with Crippen molar-refractivity contribution in [2.75, 3.05) is 13.1 Å². The molecule has 3 nitrogen and oxygen atoms in total. The second-order valence-electron chi connectivity index (χ2n) is 2.40. The van der Waals surface area contributed by atoms with Crippen molar-refractivity contribution in [2.45, 2.75) is 6.54 Å². The van der Waals surface area contributed by atoms with Crippen LogP contribution in [-0.2, 0) is 6.54 Å². The molecule has 0 saturated heterocycles. The summed E-state index contributed by atoms with van der Waals surface area (Å²) in [6, 6.07) is 4.00. The Morgan fingerprint density at radius 1 is 1.67 bits per heavy atom. The van der Waals surface area contributed by atoms with Crippen molar-refractivity contribution >= 4 is 11.3 Å². The number of hydrogen-bond donors (Lipinski definition) is 2. The molecule has 1 aromatic rings. The number of rotatable bonds is 4. The molecule has 1 aromatic heterocycles. The van der Waals surface area contributed by atoms with Gasteiger partial charge in [0.25, 0.3) is 0 Å². The highest BCUT2D eigenvalue weighted by Crippen LogP contribution is 2.12. The van der Waals surface area contributed by atoms with Crippen LogP contribution in [0.3, 0.4) is 0 Å². The van der Waals surface area contributed by atoms with E-state index in [0.29, 0.717) is 6.54 Å². The van der Waals surface area contributed by atoms with Gasteiger partial charge in [-0.3, -0.25) is 0 Å². The van der Waals surface area contributed by atoms with E-state index in [1.165, 1.54) is 11.3 Å². The number of nitriles is 1. The SMILES string of the molecule is N#Cc1cc(CNCCN)cs1. The summed E-state index contributed by atoms with van der Waals surface area (Å²) in [6.45, 7) is 2.27. The molecule has 64 valence electrons. The zero-order valence-electron chi connectivity index (χ0n) is 6.71. The van der Waals surface area contributed by atoms with Gasteiger partial charge >= 0.3 is 0 Å². The van der Waals surface area contributed by atoms with E-state index < -0.39 is 0 Å². The first kappa shape index (κ1) is 9.20. The van der Waals surface area contributed by atoms with Crippen LogP contribution in [0.15, 0.2) is 11.4 Å². The summed E-state index contributed by atoms with van der Waals surface area (Å²) in [4.78, 5) is 0.763. The molecule has 0 amide bonds. The zero-order valence-corrected chi connectivity index (χ0v) is 7.53. The Morgan fingerprint density at radius 3 is 3.08 bits per heavy atom. The van der Waals surface area contributed by atoms with Crippen molar-refractivity contribution in [2.24, 2.45) is 5.73 Å². The van der Waals surface area contributed by atoms with Crippen molar-refractivity contribution < 1.29 is 0 Å². The van der Waals surface area contributed by atoms with Crippen LogP contribution in [0.4, 0.5) is 0 Å². The third kappa shape index (κ3) is 2.62. The quantitative estimate of drug-likeness (QED) is 0.671. The molecular weight excluding hydrogens is 170 g/mol. The average Bonchev–Trinajstić information content (AvgIpc) is 2.53. The predicted octanol–water partition coefficient (Wildman–Crippen LogP) is 0.668. The van der Waals surface area contributed by atoms with E-state index in [9.17, 15) is 0 Å². The molecule has 0 spiro atoms. The van der Waals surface area contributed by atoms with Gasteiger partial charge < -0.3 is 11.1 Å².